The first-order valence-corrected chi connectivity index (χ1v) is 5.81. The first kappa shape index (κ1) is 13.5. The maximum atomic E-state index is 11.5. The third-order valence-electron chi connectivity index (χ3n) is 3.13. The zero-order chi connectivity index (χ0) is 12.2. The molecular formula is C12H23NO3. The van der Waals surface area contributed by atoms with Gasteiger partial charge >= 0.3 is 5.97 Å². The fourth-order valence-electron chi connectivity index (χ4n) is 1.86. The highest BCUT2D eigenvalue weighted by molar-refractivity contribution is 5.76. The number of ether oxygens (including phenoxy) is 2. The molecular weight excluding hydrogens is 206 g/mol. The van der Waals surface area contributed by atoms with E-state index < -0.39 is 5.41 Å². The highest BCUT2D eigenvalue weighted by Crippen LogP contribution is 2.22. The molecule has 4 nitrogen and oxygen atoms in total. The average Bonchev–Trinajstić information content (AvgIpc) is 2.27. The highest BCUT2D eigenvalue weighted by Gasteiger charge is 2.33. The smallest absolute Gasteiger partial charge is 0.312 e. The second kappa shape index (κ2) is 5.15. The Bertz CT molecular complexity index is 245. The van der Waals surface area contributed by atoms with Crippen molar-refractivity contribution in [1.29, 1.82) is 0 Å². The number of esters is 1. The SMILES string of the molecule is COC(=O)C(C)(C)CNC1(C)CCCOC1. The summed E-state index contributed by atoms with van der Waals surface area (Å²) in [7, 11) is 1.43. The van der Waals surface area contributed by atoms with Gasteiger partial charge in [0.25, 0.3) is 0 Å². The molecule has 1 atom stereocenters. The van der Waals surface area contributed by atoms with E-state index in [0.717, 1.165) is 19.4 Å². The van der Waals surface area contributed by atoms with E-state index in [1.165, 1.54) is 7.11 Å². The van der Waals surface area contributed by atoms with Crippen molar-refractivity contribution in [3.05, 3.63) is 0 Å². The van der Waals surface area contributed by atoms with Crippen LogP contribution in [0.1, 0.15) is 33.6 Å². The standard InChI is InChI=1S/C12H23NO3/c1-11(2,10(14)15-4)8-13-12(3)6-5-7-16-9-12/h13H,5-9H2,1-4H3. The van der Waals surface area contributed by atoms with Crippen LogP contribution in [-0.2, 0) is 14.3 Å². The van der Waals surface area contributed by atoms with Crippen LogP contribution in [-0.4, -0.2) is 38.4 Å². The monoisotopic (exact) mass is 229 g/mol. The van der Waals surface area contributed by atoms with E-state index in [-0.39, 0.29) is 11.5 Å². The van der Waals surface area contributed by atoms with E-state index in [9.17, 15) is 4.79 Å². The predicted molar refractivity (Wildman–Crippen MR) is 62.3 cm³/mol. The molecule has 1 N–H and O–H groups in total. The summed E-state index contributed by atoms with van der Waals surface area (Å²) in [4.78, 5) is 11.5. The van der Waals surface area contributed by atoms with Gasteiger partial charge in [0.15, 0.2) is 0 Å². The lowest BCUT2D eigenvalue weighted by Crippen LogP contribution is -2.53. The van der Waals surface area contributed by atoms with Gasteiger partial charge in [-0.25, -0.2) is 0 Å². The second-order valence-corrected chi connectivity index (χ2v) is 5.45. The Morgan fingerprint density at radius 1 is 1.56 bits per heavy atom. The minimum Gasteiger partial charge on any atom is -0.469 e. The van der Waals surface area contributed by atoms with Crippen LogP contribution < -0.4 is 5.32 Å². The first-order chi connectivity index (χ1) is 7.40. The number of carbonyl (C=O) groups is 1. The minimum atomic E-state index is -0.491. The number of methoxy groups -OCH3 is 1. The number of hydrogen-bond donors (Lipinski definition) is 1. The molecule has 0 radical (unpaired) electrons. The Kier molecular flexibility index (Phi) is 4.33. The van der Waals surface area contributed by atoms with E-state index in [4.69, 9.17) is 9.47 Å². The molecule has 1 rings (SSSR count). The molecule has 0 bridgehead atoms. The van der Waals surface area contributed by atoms with Crippen LogP contribution in [0, 0.1) is 5.41 Å². The first-order valence-electron chi connectivity index (χ1n) is 5.81. The number of hydrogen-bond acceptors (Lipinski definition) is 4. The molecule has 4 heteroatoms. The summed E-state index contributed by atoms with van der Waals surface area (Å²) >= 11 is 0. The fraction of sp³-hybridized carbons (Fsp3) is 0.917. The molecule has 0 saturated carbocycles. The van der Waals surface area contributed by atoms with Crippen molar-refractivity contribution in [1.82, 2.24) is 5.32 Å². The van der Waals surface area contributed by atoms with Gasteiger partial charge in [0.2, 0.25) is 0 Å². The molecule has 16 heavy (non-hydrogen) atoms. The molecule has 1 fully saturated rings. The lowest BCUT2D eigenvalue weighted by atomic mass is 9.89. The van der Waals surface area contributed by atoms with Gasteiger partial charge in [-0.1, -0.05) is 0 Å². The molecule has 0 amide bonds. The van der Waals surface area contributed by atoms with Gasteiger partial charge in [0, 0.05) is 18.7 Å². The summed E-state index contributed by atoms with van der Waals surface area (Å²) in [5, 5.41) is 3.43. The van der Waals surface area contributed by atoms with Crippen molar-refractivity contribution in [2.45, 2.75) is 39.2 Å². The van der Waals surface area contributed by atoms with E-state index in [0.29, 0.717) is 13.2 Å². The van der Waals surface area contributed by atoms with Crippen LogP contribution in [0.4, 0.5) is 0 Å². The quantitative estimate of drug-likeness (QED) is 0.739. The van der Waals surface area contributed by atoms with Gasteiger partial charge < -0.3 is 14.8 Å². The molecule has 0 aliphatic carbocycles. The Balaban J connectivity index is 2.46. The maximum absolute atomic E-state index is 11.5. The Morgan fingerprint density at radius 3 is 2.75 bits per heavy atom. The Labute approximate surface area is 97.7 Å². The zero-order valence-electron chi connectivity index (χ0n) is 10.8. The van der Waals surface area contributed by atoms with Crippen LogP contribution >= 0.6 is 0 Å². The predicted octanol–water partition coefficient (Wildman–Crippen LogP) is 1.34. The largest absolute Gasteiger partial charge is 0.469 e. The fourth-order valence-corrected chi connectivity index (χ4v) is 1.86. The molecule has 94 valence electrons. The van der Waals surface area contributed by atoms with Crippen molar-refractivity contribution in [2.75, 3.05) is 26.9 Å². The van der Waals surface area contributed by atoms with Crippen LogP contribution in [0.5, 0.6) is 0 Å². The minimum absolute atomic E-state index is 0.0104. The van der Waals surface area contributed by atoms with Crippen LogP contribution in [0.25, 0.3) is 0 Å². The normalized spacial score (nSPS) is 26.5. The van der Waals surface area contributed by atoms with Gasteiger partial charge in [-0.05, 0) is 33.6 Å². The van der Waals surface area contributed by atoms with Crippen molar-refractivity contribution >= 4 is 5.97 Å². The van der Waals surface area contributed by atoms with E-state index >= 15 is 0 Å². The van der Waals surface area contributed by atoms with Crippen LogP contribution in [0.15, 0.2) is 0 Å². The topological polar surface area (TPSA) is 47.6 Å². The summed E-state index contributed by atoms with van der Waals surface area (Å²) in [5.41, 5.74) is -0.501. The zero-order valence-corrected chi connectivity index (χ0v) is 10.8. The van der Waals surface area contributed by atoms with Crippen molar-refractivity contribution in [3.8, 4) is 0 Å². The third kappa shape index (κ3) is 3.46. The summed E-state index contributed by atoms with van der Waals surface area (Å²) in [6, 6.07) is 0. The van der Waals surface area contributed by atoms with Gasteiger partial charge in [-0.3, -0.25) is 4.79 Å². The summed E-state index contributed by atoms with van der Waals surface area (Å²) in [6.45, 7) is 8.08. The molecule has 1 aliphatic rings. The molecule has 0 aromatic heterocycles. The van der Waals surface area contributed by atoms with E-state index in [2.05, 4.69) is 12.2 Å². The van der Waals surface area contributed by atoms with Crippen molar-refractivity contribution in [2.24, 2.45) is 5.41 Å². The Morgan fingerprint density at radius 2 is 2.25 bits per heavy atom. The van der Waals surface area contributed by atoms with Crippen molar-refractivity contribution < 1.29 is 14.3 Å². The average molecular weight is 229 g/mol. The molecule has 0 aromatic rings. The summed E-state index contributed by atoms with van der Waals surface area (Å²) in [5.74, 6) is -0.180. The summed E-state index contributed by atoms with van der Waals surface area (Å²) < 4.78 is 10.2. The lowest BCUT2D eigenvalue weighted by Gasteiger charge is -2.37. The van der Waals surface area contributed by atoms with Gasteiger partial charge in [0.05, 0.1) is 19.1 Å². The summed E-state index contributed by atoms with van der Waals surface area (Å²) in [6.07, 6.45) is 2.16. The van der Waals surface area contributed by atoms with Gasteiger partial charge in [-0.2, -0.15) is 0 Å². The number of nitrogens with one attached hydrogen (secondary N) is 1. The third-order valence-corrected chi connectivity index (χ3v) is 3.13. The van der Waals surface area contributed by atoms with E-state index in [1.807, 2.05) is 13.8 Å². The second-order valence-electron chi connectivity index (χ2n) is 5.45. The number of rotatable bonds is 4. The van der Waals surface area contributed by atoms with Crippen LogP contribution in [0.3, 0.4) is 0 Å². The van der Waals surface area contributed by atoms with E-state index in [1.54, 1.807) is 0 Å². The molecule has 0 aromatic carbocycles. The Hall–Kier alpha value is -0.610. The molecule has 1 aliphatic heterocycles. The van der Waals surface area contributed by atoms with Gasteiger partial charge in [0.1, 0.15) is 0 Å². The maximum Gasteiger partial charge on any atom is 0.312 e. The van der Waals surface area contributed by atoms with Crippen molar-refractivity contribution in [3.63, 3.8) is 0 Å². The van der Waals surface area contributed by atoms with Gasteiger partial charge in [-0.15, -0.1) is 0 Å². The van der Waals surface area contributed by atoms with Crippen LogP contribution in [0.2, 0.25) is 0 Å². The molecule has 1 unspecified atom stereocenters. The number of carbonyl (C=O) groups excluding carboxylic acids is 1. The lowest BCUT2D eigenvalue weighted by molar-refractivity contribution is -0.150. The molecule has 0 spiro atoms. The molecule has 1 heterocycles. The molecule has 1 saturated heterocycles. The highest BCUT2D eigenvalue weighted by atomic mass is 16.5.